The summed E-state index contributed by atoms with van der Waals surface area (Å²) in [5.74, 6) is 0.533. The molecule has 0 spiro atoms. The minimum absolute atomic E-state index is 0.297. The largest absolute Gasteiger partial charge is 0.383 e. The molecule has 0 aliphatic heterocycles. The van der Waals surface area contributed by atoms with Gasteiger partial charge in [-0.05, 0) is 37.1 Å². The van der Waals surface area contributed by atoms with Crippen LogP contribution >= 0.6 is 0 Å². The third-order valence-corrected chi connectivity index (χ3v) is 4.63. The summed E-state index contributed by atoms with van der Waals surface area (Å²) in [7, 11) is 0. The molecule has 2 heterocycles. The monoisotopic (exact) mass is 316 g/mol. The van der Waals surface area contributed by atoms with Crippen molar-refractivity contribution in [1.82, 2.24) is 14.5 Å². The molecule has 4 heteroatoms. The van der Waals surface area contributed by atoms with Crippen LogP contribution < -0.4 is 5.73 Å². The van der Waals surface area contributed by atoms with E-state index >= 15 is 0 Å². The lowest BCUT2D eigenvalue weighted by Crippen LogP contribution is -2.04. The minimum Gasteiger partial charge on any atom is -0.383 e. The van der Waals surface area contributed by atoms with Crippen LogP contribution in [-0.4, -0.2) is 14.5 Å². The molecule has 0 saturated carbocycles. The number of anilines is 1. The average Bonchev–Trinajstić information content (AvgIpc) is 2.88. The van der Waals surface area contributed by atoms with E-state index < -0.39 is 0 Å². The van der Waals surface area contributed by atoms with Crippen LogP contribution in [0.2, 0.25) is 0 Å². The van der Waals surface area contributed by atoms with Gasteiger partial charge in [0.25, 0.3) is 0 Å². The van der Waals surface area contributed by atoms with E-state index in [-0.39, 0.29) is 0 Å². The summed E-state index contributed by atoms with van der Waals surface area (Å²) in [4.78, 5) is 8.76. The maximum Gasteiger partial charge on any atom is 0.146 e. The second-order valence-electron chi connectivity index (χ2n) is 6.41. The standard InChI is InChI=1S/C20H20N4/c1-12(2)24-13(3)17(18-19(21)22-11-23-20(18)24)16-10-6-8-14-7-4-5-9-15(14)16/h4-12H,1-3H3,(H2,21,22,23). The lowest BCUT2D eigenvalue weighted by Gasteiger charge is -2.12. The fraction of sp³-hybridized carbons (Fsp3) is 0.200. The van der Waals surface area contributed by atoms with Crippen LogP contribution in [0.15, 0.2) is 48.8 Å². The van der Waals surface area contributed by atoms with Crippen molar-refractivity contribution in [3.05, 3.63) is 54.5 Å². The Balaban J connectivity index is 2.20. The van der Waals surface area contributed by atoms with Gasteiger partial charge in [0.2, 0.25) is 0 Å². The highest BCUT2D eigenvalue weighted by molar-refractivity contribution is 6.09. The molecule has 0 bridgehead atoms. The van der Waals surface area contributed by atoms with Gasteiger partial charge in [-0.2, -0.15) is 0 Å². The summed E-state index contributed by atoms with van der Waals surface area (Å²) in [6.45, 7) is 6.47. The molecule has 4 rings (SSSR count). The van der Waals surface area contributed by atoms with Crippen molar-refractivity contribution < 1.29 is 0 Å². The Morgan fingerprint density at radius 1 is 1.00 bits per heavy atom. The van der Waals surface area contributed by atoms with Crippen molar-refractivity contribution >= 4 is 27.6 Å². The Bertz CT molecular complexity index is 1050. The van der Waals surface area contributed by atoms with E-state index in [0.717, 1.165) is 16.6 Å². The number of benzene rings is 2. The van der Waals surface area contributed by atoms with E-state index in [4.69, 9.17) is 5.73 Å². The molecule has 4 aromatic rings. The van der Waals surface area contributed by atoms with Crippen LogP contribution in [0.1, 0.15) is 25.6 Å². The van der Waals surface area contributed by atoms with Gasteiger partial charge in [-0.25, -0.2) is 9.97 Å². The number of aromatic nitrogens is 3. The topological polar surface area (TPSA) is 56.7 Å². The summed E-state index contributed by atoms with van der Waals surface area (Å²) in [5, 5.41) is 3.38. The van der Waals surface area contributed by atoms with Gasteiger partial charge in [0.1, 0.15) is 17.8 Å². The summed E-state index contributed by atoms with van der Waals surface area (Å²) in [6, 6.07) is 15.1. The molecule has 0 aliphatic carbocycles. The van der Waals surface area contributed by atoms with E-state index in [2.05, 4.69) is 77.8 Å². The predicted molar refractivity (Wildman–Crippen MR) is 100 cm³/mol. The lowest BCUT2D eigenvalue weighted by atomic mass is 9.96. The SMILES string of the molecule is Cc1c(-c2cccc3ccccc23)c2c(N)ncnc2n1C(C)C. The Kier molecular flexibility index (Phi) is 3.27. The van der Waals surface area contributed by atoms with Gasteiger partial charge >= 0.3 is 0 Å². The molecule has 0 aliphatic rings. The van der Waals surface area contributed by atoms with Crippen molar-refractivity contribution in [2.75, 3.05) is 5.73 Å². The van der Waals surface area contributed by atoms with E-state index in [9.17, 15) is 0 Å². The summed E-state index contributed by atoms with van der Waals surface area (Å²) >= 11 is 0. The van der Waals surface area contributed by atoms with Crippen molar-refractivity contribution in [2.24, 2.45) is 0 Å². The maximum atomic E-state index is 6.26. The van der Waals surface area contributed by atoms with E-state index in [1.165, 1.54) is 22.0 Å². The Morgan fingerprint density at radius 2 is 1.75 bits per heavy atom. The normalized spacial score (nSPS) is 11.7. The van der Waals surface area contributed by atoms with Gasteiger partial charge < -0.3 is 10.3 Å². The van der Waals surface area contributed by atoms with Crippen molar-refractivity contribution in [3.8, 4) is 11.1 Å². The van der Waals surface area contributed by atoms with Crippen molar-refractivity contribution in [1.29, 1.82) is 0 Å². The highest BCUT2D eigenvalue weighted by atomic mass is 15.1. The molecular weight excluding hydrogens is 296 g/mol. The molecular formula is C20H20N4. The summed E-state index contributed by atoms with van der Waals surface area (Å²) in [5.41, 5.74) is 10.6. The van der Waals surface area contributed by atoms with Crippen molar-refractivity contribution in [2.45, 2.75) is 26.8 Å². The minimum atomic E-state index is 0.297. The molecule has 2 N–H and O–H groups in total. The fourth-order valence-corrected chi connectivity index (χ4v) is 3.68. The molecule has 0 radical (unpaired) electrons. The molecule has 0 unspecified atom stereocenters. The van der Waals surface area contributed by atoms with Crippen LogP contribution in [0.5, 0.6) is 0 Å². The van der Waals surface area contributed by atoms with Crippen LogP contribution in [0, 0.1) is 6.92 Å². The van der Waals surface area contributed by atoms with E-state index in [1.807, 2.05) is 0 Å². The molecule has 2 aromatic carbocycles. The summed E-state index contributed by atoms with van der Waals surface area (Å²) in [6.07, 6.45) is 1.54. The van der Waals surface area contributed by atoms with Crippen LogP contribution in [0.3, 0.4) is 0 Å². The number of nitrogens with zero attached hydrogens (tertiary/aromatic N) is 3. The van der Waals surface area contributed by atoms with Gasteiger partial charge in [-0.3, -0.25) is 0 Å². The Hall–Kier alpha value is -2.88. The number of nitrogen functional groups attached to an aromatic ring is 1. The molecule has 24 heavy (non-hydrogen) atoms. The van der Waals surface area contributed by atoms with Crippen LogP contribution in [0.25, 0.3) is 32.9 Å². The fourth-order valence-electron chi connectivity index (χ4n) is 3.68. The van der Waals surface area contributed by atoms with Gasteiger partial charge in [0.05, 0.1) is 5.39 Å². The van der Waals surface area contributed by atoms with Gasteiger partial charge in [-0.15, -0.1) is 0 Å². The Morgan fingerprint density at radius 3 is 2.54 bits per heavy atom. The molecule has 0 saturated heterocycles. The highest BCUT2D eigenvalue weighted by Gasteiger charge is 2.21. The number of fused-ring (bicyclic) bond motifs is 2. The van der Waals surface area contributed by atoms with Crippen LogP contribution in [-0.2, 0) is 0 Å². The number of hydrogen-bond acceptors (Lipinski definition) is 3. The molecule has 2 aromatic heterocycles. The molecule has 4 nitrogen and oxygen atoms in total. The lowest BCUT2D eigenvalue weighted by molar-refractivity contribution is 0.603. The number of hydrogen-bond donors (Lipinski definition) is 1. The van der Waals surface area contributed by atoms with Gasteiger partial charge in [0.15, 0.2) is 0 Å². The number of rotatable bonds is 2. The van der Waals surface area contributed by atoms with E-state index in [0.29, 0.717) is 11.9 Å². The smallest absolute Gasteiger partial charge is 0.146 e. The second kappa shape index (κ2) is 5.34. The molecule has 120 valence electrons. The van der Waals surface area contributed by atoms with Gasteiger partial charge in [0, 0.05) is 17.3 Å². The first-order valence-corrected chi connectivity index (χ1v) is 8.18. The third kappa shape index (κ3) is 1.99. The first-order valence-electron chi connectivity index (χ1n) is 8.18. The van der Waals surface area contributed by atoms with Crippen molar-refractivity contribution in [3.63, 3.8) is 0 Å². The molecule has 0 fully saturated rings. The quantitative estimate of drug-likeness (QED) is 0.582. The Labute approximate surface area is 141 Å². The zero-order valence-corrected chi connectivity index (χ0v) is 14.1. The summed E-state index contributed by atoms with van der Waals surface area (Å²) < 4.78 is 2.24. The highest BCUT2D eigenvalue weighted by Crippen LogP contribution is 2.40. The third-order valence-electron chi connectivity index (χ3n) is 4.63. The number of nitrogens with two attached hydrogens (primary N) is 1. The van der Waals surface area contributed by atoms with Crippen LogP contribution in [0.4, 0.5) is 5.82 Å². The maximum absolute atomic E-state index is 6.26. The first kappa shape index (κ1) is 14.7. The average molecular weight is 316 g/mol. The zero-order valence-electron chi connectivity index (χ0n) is 14.1. The molecule has 0 amide bonds. The zero-order chi connectivity index (χ0) is 16.8. The van der Waals surface area contributed by atoms with Gasteiger partial charge in [-0.1, -0.05) is 42.5 Å². The second-order valence-corrected chi connectivity index (χ2v) is 6.41. The van der Waals surface area contributed by atoms with E-state index in [1.54, 1.807) is 6.33 Å². The molecule has 0 atom stereocenters. The first-order chi connectivity index (χ1) is 11.6. The predicted octanol–water partition coefficient (Wildman–Crippen LogP) is 4.72.